The monoisotopic (exact) mass is 274 g/mol. The zero-order valence-electron chi connectivity index (χ0n) is 10.3. The van der Waals surface area contributed by atoms with E-state index in [1.165, 1.54) is 12.1 Å². The molecule has 0 aromatic heterocycles. The van der Waals surface area contributed by atoms with Gasteiger partial charge in [-0.15, -0.1) is 0 Å². The van der Waals surface area contributed by atoms with Crippen LogP contribution in [0.4, 0.5) is 0 Å². The summed E-state index contributed by atoms with van der Waals surface area (Å²) in [7, 11) is -3.69. The quantitative estimate of drug-likeness (QED) is 0.786. The third kappa shape index (κ3) is 3.53. The Morgan fingerprint density at radius 3 is 2.21 bits per heavy atom. The summed E-state index contributed by atoms with van der Waals surface area (Å²) in [6.07, 6.45) is 1.73. The molecule has 0 aliphatic carbocycles. The second kappa shape index (κ2) is 5.82. The molecule has 2 aromatic rings. The maximum atomic E-state index is 11.9. The van der Waals surface area contributed by atoms with Crippen LogP contribution in [-0.4, -0.2) is 8.42 Å². The van der Waals surface area contributed by atoms with Crippen LogP contribution in [0.1, 0.15) is 11.1 Å². The molecule has 0 fully saturated rings. The lowest BCUT2D eigenvalue weighted by atomic mass is 10.1. The molecular weight excluding hydrogens is 260 g/mol. The van der Waals surface area contributed by atoms with Crippen LogP contribution in [-0.2, 0) is 20.9 Å². The van der Waals surface area contributed by atoms with E-state index in [4.69, 9.17) is 4.18 Å². The second-order valence-electron chi connectivity index (χ2n) is 3.98. The standard InChI is InChI=1S/C15H14O3S/c1-2-13-8-10-14(11-9-13)12-18-19(16,17)15-6-4-3-5-7-15/h2-11H,1,12H2. The molecule has 3 nitrogen and oxygen atoms in total. The van der Waals surface area contributed by atoms with Gasteiger partial charge < -0.3 is 0 Å². The maximum Gasteiger partial charge on any atom is 0.297 e. The third-order valence-corrected chi connectivity index (χ3v) is 3.91. The van der Waals surface area contributed by atoms with Crippen molar-refractivity contribution in [2.24, 2.45) is 0 Å². The lowest BCUT2D eigenvalue weighted by molar-refractivity contribution is 0.308. The summed E-state index contributed by atoms with van der Waals surface area (Å²) < 4.78 is 28.8. The number of benzene rings is 2. The zero-order valence-corrected chi connectivity index (χ0v) is 11.1. The molecule has 98 valence electrons. The minimum Gasteiger partial charge on any atom is -0.262 e. The summed E-state index contributed by atoms with van der Waals surface area (Å²) in [4.78, 5) is 0.165. The number of rotatable bonds is 5. The Kier molecular flexibility index (Phi) is 4.14. The molecule has 0 saturated heterocycles. The van der Waals surface area contributed by atoms with Gasteiger partial charge in [0.15, 0.2) is 0 Å². The first-order valence-corrected chi connectivity index (χ1v) is 7.18. The fraction of sp³-hybridized carbons (Fsp3) is 0.0667. The van der Waals surface area contributed by atoms with Gasteiger partial charge in [0.1, 0.15) is 0 Å². The highest BCUT2D eigenvalue weighted by Crippen LogP contribution is 2.14. The summed E-state index contributed by atoms with van der Waals surface area (Å²) in [6, 6.07) is 15.5. The van der Waals surface area contributed by atoms with E-state index in [-0.39, 0.29) is 11.5 Å². The Morgan fingerprint density at radius 2 is 1.63 bits per heavy atom. The summed E-state index contributed by atoms with van der Waals surface area (Å²) >= 11 is 0. The molecule has 0 unspecified atom stereocenters. The van der Waals surface area contributed by atoms with E-state index in [0.717, 1.165) is 11.1 Å². The average Bonchev–Trinajstić information content (AvgIpc) is 2.47. The minimum absolute atomic E-state index is 0.0225. The second-order valence-corrected chi connectivity index (χ2v) is 5.59. The van der Waals surface area contributed by atoms with Gasteiger partial charge in [0.2, 0.25) is 0 Å². The lowest BCUT2D eigenvalue weighted by Crippen LogP contribution is -2.06. The van der Waals surface area contributed by atoms with E-state index < -0.39 is 10.1 Å². The Morgan fingerprint density at radius 1 is 1.00 bits per heavy atom. The molecule has 4 heteroatoms. The molecule has 0 spiro atoms. The maximum absolute atomic E-state index is 11.9. The van der Waals surface area contributed by atoms with Gasteiger partial charge in [0.05, 0.1) is 11.5 Å². The SMILES string of the molecule is C=Cc1ccc(COS(=O)(=O)c2ccccc2)cc1. The van der Waals surface area contributed by atoms with Gasteiger partial charge in [-0.25, -0.2) is 0 Å². The van der Waals surface area contributed by atoms with Crippen molar-refractivity contribution in [3.8, 4) is 0 Å². The van der Waals surface area contributed by atoms with E-state index in [9.17, 15) is 8.42 Å². The van der Waals surface area contributed by atoms with Gasteiger partial charge in [0.25, 0.3) is 10.1 Å². The first-order chi connectivity index (χ1) is 9.12. The van der Waals surface area contributed by atoms with Gasteiger partial charge in [0, 0.05) is 0 Å². The van der Waals surface area contributed by atoms with Crippen LogP contribution in [0.15, 0.2) is 66.1 Å². The van der Waals surface area contributed by atoms with Crippen molar-refractivity contribution in [2.45, 2.75) is 11.5 Å². The summed E-state index contributed by atoms with van der Waals surface area (Å²) in [5.41, 5.74) is 1.78. The molecule has 2 rings (SSSR count). The third-order valence-electron chi connectivity index (χ3n) is 2.63. The largest absolute Gasteiger partial charge is 0.297 e. The van der Waals surface area contributed by atoms with Gasteiger partial charge >= 0.3 is 0 Å². The molecule has 2 aromatic carbocycles. The van der Waals surface area contributed by atoms with Crippen LogP contribution in [0.25, 0.3) is 6.08 Å². The van der Waals surface area contributed by atoms with Crippen molar-refractivity contribution in [1.82, 2.24) is 0 Å². The number of hydrogen-bond donors (Lipinski definition) is 0. The first-order valence-electron chi connectivity index (χ1n) is 5.78. The van der Waals surface area contributed by atoms with Crippen LogP contribution in [0.5, 0.6) is 0 Å². The molecule has 0 heterocycles. The fourth-order valence-electron chi connectivity index (χ4n) is 1.55. The molecule has 0 radical (unpaired) electrons. The van der Waals surface area contributed by atoms with Gasteiger partial charge in [-0.3, -0.25) is 4.18 Å². The zero-order chi connectivity index (χ0) is 13.7. The molecule has 0 amide bonds. The Labute approximate surface area is 113 Å². The molecule has 0 aliphatic rings. The van der Waals surface area contributed by atoms with Crippen LogP contribution in [0, 0.1) is 0 Å². The van der Waals surface area contributed by atoms with Crippen molar-refractivity contribution in [3.05, 3.63) is 72.3 Å². The van der Waals surface area contributed by atoms with Crippen LogP contribution in [0.3, 0.4) is 0 Å². The van der Waals surface area contributed by atoms with Crippen molar-refractivity contribution in [2.75, 3.05) is 0 Å². The molecule has 19 heavy (non-hydrogen) atoms. The van der Waals surface area contributed by atoms with Gasteiger partial charge in [-0.2, -0.15) is 8.42 Å². The van der Waals surface area contributed by atoms with E-state index >= 15 is 0 Å². The van der Waals surface area contributed by atoms with Crippen LogP contribution in [0.2, 0.25) is 0 Å². The molecule has 0 aliphatic heterocycles. The molecule has 0 atom stereocenters. The van der Waals surface area contributed by atoms with Gasteiger partial charge in [-0.05, 0) is 23.3 Å². The fourth-order valence-corrected chi connectivity index (χ4v) is 2.47. The predicted octanol–water partition coefficient (Wildman–Crippen LogP) is 3.24. The van der Waals surface area contributed by atoms with Gasteiger partial charge in [-0.1, -0.05) is 55.1 Å². The van der Waals surface area contributed by atoms with Crippen molar-refractivity contribution in [1.29, 1.82) is 0 Å². The normalized spacial score (nSPS) is 11.2. The minimum atomic E-state index is -3.69. The highest BCUT2D eigenvalue weighted by atomic mass is 32.2. The Balaban J connectivity index is 2.07. The molecular formula is C15H14O3S. The van der Waals surface area contributed by atoms with Crippen molar-refractivity contribution >= 4 is 16.2 Å². The van der Waals surface area contributed by atoms with Crippen LogP contribution < -0.4 is 0 Å². The van der Waals surface area contributed by atoms with Crippen molar-refractivity contribution in [3.63, 3.8) is 0 Å². The van der Waals surface area contributed by atoms with Crippen LogP contribution >= 0.6 is 0 Å². The molecule has 0 N–H and O–H groups in total. The summed E-state index contributed by atoms with van der Waals surface area (Å²) in [5, 5.41) is 0. The highest BCUT2D eigenvalue weighted by molar-refractivity contribution is 7.86. The first kappa shape index (κ1) is 13.5. The predicted molar refractivity (Wildman–Crippen MR) is 74.9 cm³/mol. The number of hydrogen-bond acceptors (Lipinski definition) is 3. The van der Waals surface area contributed by atoms with E-state index in [0.29, 0.717) is 0 Å². The lowest BCUT2D eigenvalue weighted by Gasteiger charge is -2.05. The summed E-state index contributed by atoms with van der Waals surface area (Å²) in [6.45, 7) is 3.68. The smallest absolute Gasteiger partial charge is 0.262 e. The highest BCUT2D eigenvalue weighted by Gasteiger charge is 2.14. The Bertz CT molecular complexity index is 644. The van der Waals surface area contributed by atoms with Crippen molar-refractivity contribution < 1.29 is 12.6 Å². The van der Waals surface area contributed by atoms with E-state index in [2.05, 4.69) is 6.58 Å². The summed E-state index contributed by atoms with van der Waals surface area (Å²) in [5.74, 6) is 0. The van der Waals surface area contributed by atoms with E-state index in [1.54, 1.807) is 24.3 Å². The topological polar surface area (TPSA) is 43.4 Å². The van der Waals surface area contributed by atoms with E-state index in [1.807, 2.05) is 24.3 Å². The molecule has 0 bridgehead atoms. The Hall–Kier alpha value is -1.91. The molecule has 0 saturated carbocycles. The average molecular weight is 274 g/mol.